The Morgan fingerprint density at radius 2 is 1.58 bits per heavy atom. The van der Waals surface area contributed by atoms with E-state index in [-0.39, 0.29) is 6.04 Å². The summed E-state index contributed by atoms with van der Waals surface area (Å²) in [6.45, 7) is 19.8. The summed E-state index contributed by atoms with van der Waals surface area (Å²) in [5.41, 5.74) is 2.40. The van der Waals surface area contributed by atoms with Crippen LogP contribution in [0.3, 0.4) is 0 Å². The van der Waals surface area contributed by atoms with E-state index in [1.54, 1.807) is 0 Å². The van der Waals surface area contributed by atoms with Gasteiger partial charge in [0, 0.05) is 11.6 Å². The Morgan fingerprint density at radius 3 is 1.95 bits per heavy atom. The van der Waals surface area contributed by atoms with Gasteiger partial charge in [-0.25, -0.2) is 0 Å². The average Bonchev–Trinajstić information content (AvgIpc) is 2.81. The zero-order valence-corrected chi connectivity index (χ0v) is 13.5. The zero-order chi connectivity index (χ0) is 15.3. The average molecular weight is 261 g/mol. The molecule has 2 atom stereocenters. The van der Waals surface area contributed by atoms with Crippen LogP contribution in [0.2, 0.25) is 0 Å². The van der Waals surface area contributed by atoms with Gasteiger partial charge in [-0.05, 0) is 25.5 Å². The molecule has 108 valence electrons. The van der Waals surface area contributed by atoms with E-state index >= 15 is 0 Å². The van der Waals surface area contributed by atoms with Crippen LogP contribution in [-0.2, 0) is 0 Å². The molecule has 0 aromatic heterocycles. The molecule has 1 heterocycles. The van der Waals surface area contributed by atoms with Gasteiger partial charge in [-0.15, -0.1) is 6.58 Å². The molecule has 19 heavy (non-hydrogen) atoms. The van der Waals surface area contributed by atoms with Crippen molar-refractivity contribution in [3.05, 3.63) is 60.9 Å². The fourth-order valence-electron chi connectivity index (χ4n) is 1.92. The largest absolute Gasteiger partial charge is 0.378 e. The lowest BCUT2D eigenvalue weighted by Crippen LogP contribution is -2.24. The molecule has 1 aliphatic rings. The maximum Gasteiger partial charge on any atom is 0.0546 e. The molecule has 0 aromatic rings. The van der Waals surface area contributed by atoms with Gasteiger partial charge in [0.15, 0.2) is 0 Å². The second-order valence-electron chi connectivity index (χ2n) is 3.53. The van der Waals surface area contributed by atoms with E-state index in [1.165, 1.54) is 5.57 Å². The molecule has 1 heteroatoms. The van der Waals surface area contributed by atoms with Gasteiger partial charge < -0.3 is 5.32 Å². The van der Waals surface area contributed by atoms with E-state index in [4.69, 9.17) is 0 Å². The topological polar surface area (TPSA) is 12.0 Å². The van der Waals surface area contributed by atoms with Crippen molar-refractivity contribution in [2.45, 2.75) is 47.6 Å². The third kappa shape index (κ3) is 5.78. The Bertz CT molecular complexity index is 332. The second-order valence-corrected chi connectivity index (χ2v) is 3.53. The summed E-state index contributed by atoms with van der Waals surface area (Å²) >= 11 is 0. The lowest BCUT2D eigenvalue weighted by molar-refractivity contribution is 0.640. The van der Waals surface area contributed by atoms with Crippen molar-refractivity contribution in [2.24, 2.45) is 5.92 Å². The SMILES string of the molecule is C=CC1=C(/C=C\C)NC(C=C)C1/C=C\C.CC.CC. The molecule has 0 saturated heterocycles. The summed E-state index contributed by atoms with van der Waals surface area (Å²) in [6.07, 6.45) is 12.3. The van der Waals surface area contributed by atoms with Crippen molar-refractivity contribution in [3.8, 4) is 0 Å². The van der Waals surface area contributed by atoms with Crippen molar-refractivity contribution in [2.75, 3.05) is 0 Å². The van der Waals surface area contributed by atoms with Gasteiger partial charge in [0.2, 0.25) is 0 Å². The van der Waals surface area contributed by atoms with Crippen molar-refractivity contribution in [1.82, 2.24) is 5.32 Å². The van der Waals surface area contributed by atoms with E-state index in [9.17, 15) is 0 Å². The summed E-state index contributed by atoms with van der Waals surface area (Å²) in [7, 11) is 0. The monoisotopic (exact) mass is 261 g/mol. The van der Waals surface area contributed by atoms with Crippen LogP contribution in [0.1, 0.15) is 41.5 Å². The third-order valence-electron chi connectivity index (χ3n) is 2.59. The van der Waals surface area contributed by atoms with Crippen molar-refractivity contribution in [1.29, 1.82) is 0 Å². The first-order chi connectivity index (χ1) is 9.28. The third-order valence-corrected chi connectivity index (χ3v) is 2.59. The summed E-state index contributed by atoms with van der Waals surface area (Å²) in [5.74, 6) is 0.358. The molecule has 0 amide bonds. The minimum Gasteiger partial charge on any atom is -0.378 e. The van der Waals surface area contributed by atoms with E-state index in [2.05, 4.69) is 36.7 Å². The Labute approximate surface area is 120 Å². The summed E-state index contributed by atoms with van der Waals surface area (Å²) in [4.78, 5) is 0. The Kier molecular flexibility index (Phi) is 13.5. The van der Waals surface area contributed by atoms with Gasteiger partial charge in [-0.2, -0.15) is 0 Å². The van der Waals surface area contributed by atoms with Gasteiger partial charge >= 0.3 is 0 Å². The Morgan fingerprint density at radius 1 is 1.00 bits per heavy atom. The molecular formula is C18H31N. The van der Waals surface area contributed by atoms with Gasteiger partial charge in [-0.3, -0.25) is 0 Å². The summed E-state index contributed by atoms with van der Waals surface area (Å²) in [6, 6.07) is 0.278. The highest BCUT2D eigenvalue weighted by Gasteiger charge is 2.27. The summed E-state index contributed by atoms with van der Waals surface area (Å²) in [5, 5.41) is 3.43. The van der Waals surface area contributed by atoms with Crippen molar-refractivity contribution < 1.29 is 0 Å². The zero-order valence-electron chi connectivity index (χ0n) is 13.5. The number of rotatable bonds is 4. The lowest BCUT2D eigenvalue weighted by atomic mass is 9.93. The number of hydrogen-bond donors (Lipinski definition) is 1. The quantitative estimate of drug-likeness (QED) is 0.668. The molecule has 1 N–H and O–H groups in total. The summed E-state index contributed by atoms with van der Waals surface area (Å²) < 4.78 is 0. The minimum absolute atomic E-state index is 0.278. The standard InChI is InChI=1S/C14H19N.2C2H6/c1-5-9-12-11(7-3)14(10-6-2)15-13(12)8-4;2*1-2/h5-10,12-13,15H,3-4H2,1-2H3;2*1-2H3/b9-5-,10-6-;;. The molecule has 0 aromatic carbocycles. The van der Waals surface area contributed by atoms with Crippen molar-refractivity contribution >= 4 is 0 Å². The maximum atomic E-state index is 3.88. The fourth-order valence-corrected chi connectivity index (χ4v) is 1.92. The highest BCUT2D eigenvalue weighted by Crippen LogP contribution is 2.29. The predicted molar refractivity (Wildman–Crippen MR) is 90.2 cm³/mol. The first-order valence-electron chi connectivity index (χ1n) is 7.29. The van der Waals surface area contributed by atoms with E-state index in [1.807, 2.05) is 59.8 Å². The van der Waals surface area contributed by atoms with E-state index in [0.717, 1.165) is 5.70 Å². The molecule has 0 fully saturated rings. The Balaban J connectivity index is 0. The molecular weight excluding hydrogens is 230 g/mol. The smallest absolute Gasteiger partial charge is 0.0546 e. The predicted octanol–water partition coefficient (Wildman–Crippen LogP) is 5.41. The number of allylic oxidation sites excluding steroid dienone is 4. The number of nitrogens with one attached hydrogen (secondary N) is 1. The highest BCUT2D eigenvalue weighted by atomic mass is 15.0. The first-order valence-corrected chi connectivity index (χ1v) is 7.29. The van der Waals surface area contributed by atoms with Crippen LogP contribution in [0.25, 0.3) is 0 Å². The minimum atomic E-state index is 0.278. The van der Waals surface area contributed by atoms with Crippen LogP contribution >= 0.6 is 0 Å². The maximum absolute atomic E-state index is 3.88. The molecule has 0 saturated carbocycles. The number of hydrogen-bond acceptors (Lipinski definition) is 1. The molecule has 0 radical (unpaired) electrons. The van der Waals surface area contributed by atoms with Crippen LogP contribution in [0.4, 0.5) is 0 Å². The van der Waals surface area contributed by atoms with Crippen LogP contribution in [-0.4, -0.2) is 6.04 Å². The van der Waals surface area contributed by atoms with Gasteiger partial charge in [-0.1, -0.05) is 64.7 Å². The fraction of sp³-hybridized carbons (Fsp3) is 0.444. The van der Waals surface area contributed by atoms with Crippen LogP contribution in [0.15, 0.2) is 60.9 Å². The van der Waals surface area contributed by atoms with Crippen molar-refractivity contribution in [3.63, 3.8) is 0 Å². The molecule has 2 unspecified atom stereocenters. The first kappa shape index (κ1) is 19.8. The Hall–Kier alpha value is -1.50. The van der Waals surface area contributed by atoms with E-state index < -0.39 is 0 Å². The molecule has 1 nitrogen and oxygen atoms in total. The van der Waals surface area contributed by atoms with Gasteiger partial charge in [0.05, 0.1) is 6.04 Å². The van der Waals surface area contributed by atoms with E-state index in [0.29, 0.717) is 5.92 Å². The lowest BCUT2D eigenvalue weighted by Gasteiger charge is -2.13. The molecule has 0 spiro atoms. The van der Waals surface area contributed by atoms with Crippen LogP contribution < -0.4 is 5.32 Å². The molecule has 0 bridgehead atoms. The van der Waals surface area contributed by atoms with Crippen LogP contribution in [0.5, 0.6) is 0 Å². The highest BCUT2D eigenvalue weighted by molar-refractivity contribution is 5.42. The second kappa shape index (κ2) is 12.9. The van der Waals surface area contributed by atoms with Gasteiger partial charge in [0.25, 0.3) is 0 Å². The molecule has 1 rings (SSSR count). The van der Waals surface area contributed by atoms with Crippen LogP contribution in [0, 0.1) is 5.92 Å². The molecule has 0 aliphatic carbocycles. The molecule has 1 aliphatic heterocycles. The normalized spacial score (nSPS) is 21.4. The van der Waals surface area contributed by atoms with Gasteiger partial charge in [0.1, 0.15) is 0 Å².